The van der Waals surface area contributed by atoms with Gasteiger partial charge in [-0.2, -0.15) is 0 Å². The average molecular weight is 965 g/mol. The van der Waals surface area contributed by atoms with Crippen LogP contribution < -0.4 is 20.6 Å². The molecular weight excluding hydrogens is 896 g/mol. The molecule has 0 saturated carbocycles. The van der Waals surface area contributed by atoms with Gasteiger partial charge in [-0.15, -0.1) is 0 Å². The van der Waals surface area contributed by atoms with Gasteiger partial charge < -0.3 is 9.23 Å². The largest absolute Gasteiger partial charge is 0.440 e. The minimum atomic E-state index is -0.216. The molecule has 0 fully saturated rings. The molecule has 2 aliphatic heterocycles. The number of unbranched alkanes of at least 4 members (excludes halogenated alkanes) is 1. The van der Waals surface area contributed by atoms with Crippen LogP contribution in [-0.2, 0) is 28.1 Å². The lowest BCUT2D eigenvalue weighted by atomic mass is 9.43. The van der Waals surface area contributed by atoms with Crippen molar-refractivity contribution in [3.05, 3.63) is 198 Å². The summed E-state index contributed by atoms with van der Waals surface area (Å²) in [5.41, 5.74) is 25.2. The summed E-state index contributed by atoms with van der Waals surface area (Å²) in [4.78, 5) is 5.27. The topological polar surface area (TPSA) is 19.6 Å². The van der Waals surface area contributed by atoms with Crippen molar-refractivity contribution < 1.29 is 4.42 Å². The molecule has 0 amide bonds. The van der Waals surface area contributed by atoms with E-state index in [1.807, 2.05) is 0 Å². The van der Waals surface area contributed by atoms with Crippen molar-refractivity contribution in [2.75, 3.05) is 9.71 Å². The van der Waals surface area contributed by atoms with Crippen LogP contribution in [0.15, 0.2) is 174 Å². The molecule has 4 heteroatoms. The van der Waals surface area contributed by atoms with Gasteiger partial charge in [-0.05, 0) is 188 Å². The van der Waals surface area contributed by atoms with E-state index in [2.05, 4.69) is 242 Å². The lowest BCUT2D eigenvalue weighted by Gasteiger charge is -2.46. The standard InChI is InChI=1S/C70H69BN2O/c1-10-11-21-45-28-32-60(52(38-45)48-26-19-14-20-27-48)72-62-41-50(47-24-17-13-18-25-47)40-54-53-39-49(46-22-15-12-16-23-46)29-33-61(53)73(51-30-31-56-57(42-51)68(4,5)35-34-67(56,2)3)71(64(54)62)65-55-43-58-59(44-63(55)74-66(65)72)70(8,9)37-36-69(58,6)7/h12-20,22-33,38-44H,10-11,21,34-37H2,1-9H3. The molecule has 13 rings (SSSR count). The highest BCUT2D eigenvalue weighted by molar-refractivity contribution is 6.95. The van der Waals surface area contributed by atoms with Crippen LogP contribution >= 0.6 is 0 Å². The molecule has 0 radical (unpaired) electrons. The Morgan fingerprint density at radius 3 is 1.66 bits per heavy atom. The lowest BCUT2D eigenvalue weighted by molar-refractivity contribution is 0.332. The van der Waals surface area contributed by atoms with Crippen molar-refractivity contribution in [1.82, 2.24) is 0 Å². The zero-order valence-corrected chi connectivity index (χ0v) is 45.0. The Balaban J connectivity index is 1.19. The van der Waals surface area contributed by atoms with Crippen molar-refractivity contribution in [2.45, 2.75) is 129 Å². The number of hydrogen-bond donors (Lipinski definition) is 0. The van der Waals surface area contributed by atoms with Crippen LogP contribution in [0.1, 0.15) is 129 Å². The Morgan fingerprint density at radius 2 is 1.01 bits per heavy atom. The van der Waals surface area contributed by atoms with Crippen LogP contribution in [0.25, 0.3) is 55.5 Å². The van der Waals surface area contributed by atoms with E-state index in [-0.39, 0.29) is 28.5 Å². The smallest absolute Gasteiger partial charge is 0.337 e. The first-order chi connectivity index (χ1) is 35.6. The van der Waals surface area contributed by atoms with Crippen molar-refractivity contribution in [2.24, 2.45) is 0 Å². The van der Waals surface area contributed by atoms with Crippen molar-refractivity contribution in [3.8, 4) is 44.5 Å². The van der Waals surface area contributed by atoms with E-state index in [0.717, 1.165) is 61.4 Å². The molecular formula is C70H69BN2O. The third-order valence-corrected chi connectivity index (χ3v) is 18.2. The summed E-state index contributed by atoms with van der Waals surface area (Å²) >= 11 is 0. The van der Waals surface area contributed by atoms with E-state index >= 15 is 0 Å². The summed E-state index contributed by atoms with van der Waals surface area (Å²) in [6, 6.07) is 65.1. The molecule has 1 aromatic heterocycles. The third kappa shape index (κ3) is 7.37. The minimum absolute atomic E-state index is 0.00354. The molecule has 0 saturated heterocycles. The highest BCUT2D eigenvalue weighted by atomic mass is 16.4. The summed E-state index contributed by atoms with van der Waals surface area (Å²) in [6.45, 7) is 21.7. The molecule has 8 aromatic carbocycles. The molecule has 0 spiro atoms. The maximum Gasteiger partial charge on any atom is 0.337 e. The van der Waals surface area contributed by atoms with Crippen LogP contribution in [-0.4, -0.2) is 6.85 Å². The third-order valence-electron chi connectivity index (χ3n) is 18.2. The van der Waals surface area contributed by atoms with E-state index in [1.165, 1.54) is 106 Å². The second kappa shape index (κ2) is 17.0. The zero-order valence-electron chi connectivity index (χ0n) is 45.0. The predicted molar refractivity (Wildman–Crippen MR) is 315 cm³/mol. The number of aryl methyl sites for hydroxylation is 1. The molecule has 368 valence electrons. The number of rotatable bonds is 8. The average Bonchev–Trinajstić information content (AvgIpc) is 3.82. The van der Waals surface area contributed by atoms with Gasteiger partial charge in [-0.3, -0.25) is 4.90 Å². The summed E-state index contributed by atoms with van der Waals surface area (Å²) in [7, 11) is 0. The van der Waals surface area contributed by atoms with Gasteiger partial charge in [0.25, 0.3) is 0 Å². The molecule has 0 unspecified atom stereocenters. The predicted octanol–water partition coefficient (Wildman–Crippen LogP) is 18.2. The van der Waals surface area contributed by atoms with Gasteiger partial charge in [0.2, 0.25) is 5.88 Å². The number of nitrogens with zero attached hydrogens (tertiary/aromatic N) is 2. The fraction of sp³-hybridized carbons (Fsp3) is 0.286. The van der Waals surface area contributed by atoms with Crippen molar-refractivity contribution in [3.63, 3.8) is 0 Å². The number of hydrogen-bond acceptors (Lipinski definition) is 3. The fourth-order valence-electron chi connectivity index (χ4n) is 13.6. The summed E-state index contributed by atoms with van der Waals surface area (Å²) in [5, 5.41) is 1.21. The Morgan fingerprint density at radius 1 is 0.446 bits per heavy atom. The van der Waals surface area contributed by atoms with E-state index < -0.39 is 0 Å². The summed E-state index contributed by atoms with van der Waals surface area (Å²) in [6.07, 6.45) is 7.93. The second-order valence-electron chi connectivity index (χ2n) is 24.8. The molecule has 4 aliphatic rings. The van der Waals surface area contributed by atoms with Crippen molar-refractivity contribution in [1.29, 1.82) is 0 Å². The molecule has 0 N–H and O–H groups in total. The van der Waals surface area contributed by atoms with Crippen LogP contribution in [0.4, 0.5) is 28.6 Å². The maximum absolute atomic E-state index is 7.77. The summed E-state index contributed by atoms with van der Waals surface area (Å²) < 4.78 is 7.77. The number of benzene rings is 8. The van der Waals surface area contributed by atoms with E-state index in [0.29, 0.717) is 0 Å². The van der Waals surface area contributed by atoms with Gasteiger partial charge in [0.05, 0.1) is 5.69 Å². The van der Waals surface area contributed by atoms with Gasteiger partial charge >= 0.3 is 6.85 Å². The Hall–Kier alpha value is -7.04. The van der Waals surface area contributed by atoms with Crippen LogP contribution in [0.2, 0.25) is 0 Å². The lowest BCUT2D eigenvalue weighted by Crippen LogP contribution is -2.61. The van der Waals surface area contributed by atoms with Gasteiger partial charge in [0, 0.05) is 39.0 Å². The quantitative estimate of drug-likeness (QED) is 0.142. The molecule has 74 heavy (non-hydrogen) atoms. The minimum Gasteiger partial charge on any atom is -0.440 e. The van der Waals surface area contributed by atoms with Crippen LogP contribution in [0, 0.1) is 0 Å². The molecule has 0 bridgehead atoms. The Labute approximate surface area is 440 Å². The number of anilines is 5. The SMILES string of the molecule is CCCCc1ccc(N2c3cc(-c4ccccc4)cc4c3B(c3c2oc2cc5c(cc32)C(C)(C)CCC5(C)C)N(c2ccc3c(c2)C(C)(C)CCC3(C)C)c2ccc(-c3ccccc3)cc2-4)c(-c2ccccc2)c1. The highest BCUT2D eigenvalue weighted by Gasteiger charge is 2.50. The fourth-order valence-corrected chi connectivity index (χ4v) is 13.6. The number of fused-ring (bicyclic) bond motifs is 8. The van der Waals surface area contributed by atoms with Crippen LogP contribution in [0.5, 0.6) is 0 Å². The normalized spacial score (nSPS) is 17.3. The first-order valence-corrected chi connectivity index (χ1v) is 27.6. The highest BCUT2D eigenvalue weighted by Crippen LogP contribution is 2.55. The van der Waals surface area contributed by atoms with Gasteiger partial charge in [-0.1, -0.05) is 178 Å². The zero-order chi connectivity index (χ0) is 50.9. The molecule has 9 aromatic rings. The van der Waals surface area contributed by atoms with E-state index in [1.54, 1.807) is 0 Å². The first kappa shape index (κ1) is 46.7. The number of furan rings is 1. The Bertz CT molecular complexity index is 3670. The van der Waals surface area contributed by atoms with Gasteiger partial charge in [-0.25, -0.2) is 0 Å². The van der Waals surface area contributed by atoms with E-state index in [4.69, 9.17) is 4.42 Å². The first-order valence-electron chi connectivity index (χ1n) is 27.6. The monoisotopic (exact) mass is 965 g/mol. The summed E-state index contributed by atoms with van der Waals surface area (Å²) in [5.74, 6) is 0.902. The molecule has 0 atom stereocenters. The molecule has 3 heterocycles. The van der Waals surface area contributed by atoms with Crippen LogP contribution in [0.3, 0.4) is 0 Å². The molecule has 3 nitrogen and oxygen atoms in total. The Kier molecular flexibility index (Phi) is 10.7. The van der Waals surface area contributed by atoms with Gasteiger partial charge in [0.1, 0.15) is 5.58 Å². The second-order valence-corrected chi connectivity index (χ2v) is 24.8. The van der Waals surface area contributed by atoms with Gasteiger partial charge in [0.15, 0.2) is 0 Å². The molecule has 2 aliphatic carbocycles. The van der Waals surface area contributed by atoms with Crippen molar-refractivity contribution >= 4 is 57.4 Å². The van der Waals surface area contributed by atoms with E-state index in [9.17, 15) is 0 Å². The maximum atomic E-state index is 7.77.